The second-order valence-electron chi connectivity index (χ2n) is 3.39. The van der Waals surface area contributed by atoms with Crippen LogP contribution in [0.25, 0.3) is 0 Å². The molecule has 1 aliphatic rings. The Hall–Kier alpha value is -1.72. The Morgan fingerprint density at radius 1 is 1.53 bits per heavy atom. The van der Waals surface area contributed by atoms with Gasteiger partial charge in [-0.05, 0) is 12.1 Å². The van der Waals surface area contributed by atoms with Gasteiger partial charge in [-0.3, -0.25) is 0 Å². The Morgan fingerprint density at radius 2 is 2.29 bits per heavy atom. The van der Waals surface area contributed by atoms with Crippen LogP contribution in [0.1, 0.15) is 0 Å². The quantitative estimate of drug-likeness (QED) is 0.638. The van der Waals surface area contributed by atoms with Gasteiger partial charge in [-0.1, -0.05) is 11.6 Å². The average molecular weight is 256 g/mol. The van der Waals surface area contributed by atoms with Crippen molar-refractivity contribution in [1.82, 2.24) is 0 Å². The van der Waals surface area contributed by atoms with E-state index in [0.717, 1.165) is 0 Å². The summed E-state index contributed by atoms with van der Waals surface area (Å²) >= 11 is 5.71. The predicted octanol–water partition coefficient (Wildman–Crippen LogP) is 1.87. The molecule has 0 saturated heterocycles. The van der Waals surface area contributed by atoms with E-state index in [9.17, 15) is 9.90 Å². The summed E-state index contributed by atoms with van der Waals surface area (Å²) in [4.78, 5) is 11.0. The number of benzene rings is 1. The summed E-state index contributed by atoms with van der Waals surface area (Å²) in [5, 5.41) is 12.9. The predicted molar refractivity (Wildman–Crippen MR) is 61.7 cm³/mol. The van der Waals surface area contributed by atoms with E-state index in [0.29, 0.717) is 16.4 Å². The normalized spacial score (nSPS) is 18.8. The number of phenolic OH excluding ortho intramolecular Hbond substituents is 1. The number of nitrogens with one attached hydrogen (secondary N) is 1. The lowest BCUT2D eigenvalue weighted by Gasteiger charge is -2.14. The number of halogens is 1. The Bertz CT molecular complexity index is 486. The van der Waals surface area contributed by atoms with Gasteiger partial charge in [-0.15, -0.1) is 0 Å². The molecule has 0 fully saturated rings. The van der Waals surface area contributed by atoms with Crippen molar-refractivity contribution < 1.29 is 19.4 Å². The molecule has 5 nitrogen and oxygen atoms in total. The van der Waals surface area contributed by atoms with Crippen LogP contribution >= 0.6 is 11.6 Å². The minimum absolute atomic E-state index is 0.0207. The summed E-state index contributed by atoms with van der Waals surface area (Å²) in [5.41, 5.74) is 0.844. The largest absolute Gasteiger partial charge is 0.506 e. The zero-order valence-corrected chi connectivity index (χ0v) is 9.69. The molecule has 1 atom stereocenters. The Balaban J connectivity index is 2.20. The zero-order valence-electron chi connectivity index (χ0n) is 8.94. The van der Waals surface area contributed by atoms with Gasteiger partial charge in [0.1, 0.15) is 5.75 Å². The molecule has 2 rings (SSSR count). The molecule has 1 aliphatic heterocycles. The van der Waals surface area contributed by atoms with Crippen LogP contribution in [0.2, 0.25) is 5.02 Å². The number of esters is 1. The Labute approximate surface area is 103 Å². The topological polar surface area (TPSA) is 67.8 Å². The molecule has 0 bridgehead atoms. The molecule has 0 spiro atoms. The van der Waals surface area contributed by atoms with E-state index in [-0.39, 0.29) is 5.75 Å². The van der Waals surface area contributed by atoms with Crippen LogP contribution in [-0.4, -0.2) is 24.5 Å². The van der Waals surface area contributed by atoms with Crippen LogP contribution in [0, 0.1) is 0 Å². The van der Waals surface area contributed by atoms with Crippen molar-refractivity contribution in [2.24, 2.45) is 0 Å². The van der Waals surface area contributed by atoms with Crippen LogP contribution in [0.4, 0.5) is 5.69 Å². The van der Waals surface area contributed by atoms with Gasteiger partial charge >= 0.3 is 5.97 Å². The molecule has 6 heteroatoms. The van der Waals surface area contributed by atoms with Gasteiger partial charge < -0.3 is 19.9 Å². The van der Waals surface area contributed by atoms with E-state index in [1.807, 2.05) is 0 Å². The molecule has 0 radical (unpaired) electrons. The van der Waals surface area contributed by atoms with Gasteiger partial charge in [0.2, 0.25) is 6.29 Å². The van der Waals surface area contributed by atoms with Gasteiger partial charge in [0.15, 0.2) is 0 Å². The summed E-state index contributed by atoms with van der Waals surface area (Å²) < 4.78 is 9.78. The standard InChI is InChI=1S/C11H10ClNO4/c1-16-11-8(5-10(15)17-11)13-7-3-2-6(12)4-9(7)14/h2-5,11,13-14H,1H3/t11-/m1/s1. The van der Waals surface area contributed by atoms with Crippen molar-refractivity contribution in [3.05, 3.63) is 35.0 Å². The number of carbonyl (C=O) groups is 1. The van der Waals surface area contributed by atoms with E-state index >= 15 is 0 Å². The highest BCUT2D eigenvalue weighted by atomic mass is 35.5. The second kappa shape index (κ2) is 4.65. The zero-order chi connectivity index (χ0) is 12.4. The lowest BCUT2D eigenvalue weighted by atomic mass is 10.2. The fourth-order valence-electron chi connectivity index (χ4n) is 1.43. The third-order valence-corrected chi connectivity index (χ3v) is 2.44. The maximum absolute atomic E-state index is 11.0. The molecule has 90 valence electrons. The molecular weight excluding hydrogens is 246 g/mol. The molecule has 0 amide bonds. The lowest BCUT2D eigenvalue weighted by molar-refractivity contribution is -0.155. The number of carbonyl (C=O) groups excluding carboxylic acids is 1. The van der Waals surface area contributed by atoms with Gasteiger partial charge in [0.25, 0.3) is 0 Å². The first-order chi connectivity index (χ1) is 8.10. The molecule has 0 aliphatic carbocycles. The van der Waals surface area contributed by atoms with Crippen molar-refractivity contribution in [1.29, 1.82) is 0 Å². The highest BCUT2D eigenvalue weighted by Crippen LogP contribution is 2.29. The van der Waals surface area contributed by atoms with Crippen LogP contribution < -0.4 is 5.32 Å². The van der Waals surface area contributed by atoms with E-state index in [1.165, 1.54) is 19.3 Å². The summed E-state index contributed by atoms with van der Waals surface area (Å²) in [6.07, 6.45) is 0.486. The van der Waals surface area contributed by atoms with Crippen molar-refractivity contribution >= 4 is 23.3 Å². The molecule has 1 aromatic rings. The van der Waals surface area contributed by atoms with Crippen LogP contribution in [0.3, 0.4) is 0 Å². The first-order valence-corrected chi connectivity index (χ1v) is 5.18. The highest BCUT2D eigenvalue weighted by Gasteiger charge is 2.26. The number of hydrogen-bond donors (Lipinski definition) is 2. The first-order valence-electron chi connectivity index (χ1n) is 4.80. The van der Waals surface area contributed by atoms with E-state index < -0.39 is 12.3 Å². The molecule has 0 saturated carbocycles. The fraction of sp³-hybridized carbons (Fsp3) is 0.182. The van der Waals surface area contributed by atoms with Crippen molar-refractivity contribution in [2.75, 3.05) is 12.4 Å². The SMILES string of the molecule is CO[C@@H]1OC(=O)C=C1Nc1ccc(Cl)cc1O. The third-order valence-electron chi connectivity index (χ3n) is 2.20. The van der Waals surface area contributed by atoms with Crippen molar-refractivity contribution in [2.45, 2.75) is 6.29 Å². The monoisotopic (exact) mass is 255 g/mol. The number of rotatable bonds is 3. The first kappa shape index (κ1) is 11.8. The summed E-state index contributed by atoms with van der Waals surface area (Å²) in [5.74, 6) is -0.514. The molecule has 1 aromatic carbocycles. The number of hydrogen-bond acceptors (Lipinski definition) is 5. The van der Waals surface area contributed by atoms with Crippen molar-refractivity contribution in [3.63, 3.8) is 0 Å². The number of methoxy groups -OCH3 is 1. The van der Waals surface area contributed by atoms with Crippen LogP contribution in [0.5, 0.6) is 5.75 Å². The molecule has 2 N–H and O–H groups in total. The summed E-state index contributed by atoms with van der Waals surface area (Å²) in [7, 11) is 1.42. The fourth-order valence-corrected chi connectivity index (χ4v) is 1.60. The summed E-state index contributed by atoms with van der Waals surface area (Å²) in [6, 6.07) is 4.60. The number of anilines is 1. The number of cyclic esters (lactones) is 1. The smallest absolute Gasteiger partial charge is 0.335 e. The van der Waals surface area contributed by atoms with E-state index in [4.69, 9.17) is 21.1 Å². The van der Waals surface area contributed by atoms with Crippen molar-refractivity contribution in [3.8, 4) is 5.75 Å². The van der Waals surface area contributed by atoms with Crippen LogP contribution in [0.15, 0.2) is 30.0 Å². The van der Waals surface area contributed by atoms with E-state index in [1.54, 1.807) is 12.1 Å². The summed E-state index contributed by atoms with van der Waals surface area (Å²) in [6.45, 7) is 0. The van der Waals surface area contributed by atoms with Gasteiger partial charge in [-0.2, -0.15) is 0 Å². The van der Waals surface area contributed by atoms with Crippen LogP contribution in [-0.2, 0) is 14.3 Å². The molecule has 0 unspecified atom stereocenters. The number of ether oxygens (including phenoxy) is 2. The average Bonchev–Trinajstić information content (AvgIpc) is 2.63. The third kappa shape index (κ3) is 2.51. The van der Waals surface area contributed by atoms with Gasteiger partial charge in [-0.25, -0.2) is 4.79 Å². The number of phenols is 1. The Morgan fingerprint density at radius 3 is 2.94 bits per heavy atom. The highest BCUT2D eigenvalue weighted by molar-refractivity contribution is 6.30. The second-order valence-corrected chi connectivity index (χ2v) is 3.83. The lowest BCUT2D eigenvalue weighted by Crippen LogP contribution is -2.18. The minimum atomic E-state index is -0.780. The minimum Gasteiger partial charge on any atom is -0.506 e. The maximum atomic E-state index is 11.0. The molecule has 0 aromatic heterocycles. The van der Waals surface area contributed by atoms with Gasteiger partial charge in [0, 0.05) is 24.3 Å². The Kier molecular flexibility index (Phi) is 3.21. The molecular formula is C11H10ClNO4. The van der Waals surface area contributed by atoms with E-state index in [2.05, 4.69) is 5.32 Å². The molecule has 1 heterocycles. The van der Waals surface area contributed by atoms with Gasteiger partial charge in [0.05, 0.1) is 11.4 Å². The molecule has 17 heavy (non-hydrogen) atoms. The number of aromatic hydroxyl groups is 1. The maximum Gasteiger partial charge on any atom is 0.335 e.